The summed E-state index contributed by atoms with van der Waals surface area (Å²) in [6.07, 6.45) is 0. The average molecular weight is 700 g/mol. The van der Waals surface area contributed by atoms with E-state index in [1.165, 1.54) is 76.8 Å². The molecule has 0 aromatic heterocycles. The summed E-state index contributed by atoms with van der Waals surface area (Å²) in [5.41, 5.74) is 12.9. The predicted molar refractivity (Wildman–Crippen MR) is 235 cm³/mol. The molecule has 1 heteroatoms. The molecular weight excluding hydrogens is 663 g/mol. The fourth-order valence-corrected chi connectivity index (χ4v) is 8.33. The molecule has 0 aliphatic carbocycles. The molecule has 0 N–H and O–H groups in total. The van der Waals surface area contributed by atoms with E-state index in [2.05, 4.69) is 229 Å². The summed E-state index contributed by atoms with van der Waals surface area (Å²) in [6.45, 7) is 0. The van der Waals surface area contributed by atoms with E-state index >= 15 is 0 Å². The van der Waals surface area contributed by atoms with Crippen molar-refractivity contribution in [1.82, 2.24) is 0 Å². The topological polar surface area (TPSA) is 3.24 Å². The van der Waals surface area contributed by atoms with Gasteiger partial charge in [-0.3, -0.25) is 0 Å². The minimum atomic E-state index is 1.09. The number of hydrogen-bond acceptors (Lipinski definition) is 1. The summed E-state index contributed by atoms with van der Waals surface area (Å²) < 4.78 is 0. The first-order valence-electron chi connectivity index (χ1n) is 18.9. The van der Waals surface area contributed by atoms with E-state index in [1.807, 2.05) is 0 Å². The Labute approximate surface area is 322 Å². The number of benzene rings is 10. The van der Waals surface area contributed by atoms with Crippen LogP contribution in [0.3, 0.4) is 0 Å². The summed E-state index contributed by atoms with van der Waals surface area (Å²) in [7, 11) is 0. The molecule has 55 heavy (non-hydrogen) atoms. The van der Waals surface area contributed by atoms with Crippen LogP contribution < -0.4 is 4.90 Å². The molecule has 10 rings (SSSR count). The second kappa shape index (κ2) is 14.0. The van der Waals surface area contributed by atoms with Gasteiger partial charge >= 0.3 is 0 Å². The Bertz CT molecular complexity index is 2960. The molecule has 0 aliphatic rings. The van der Waals surface area contributed by atoms with Crippen LogP contribution in [0.15, 0.2) is 224 Å². The van der Waals surface area contributed by atoms with Gasteiger partial charge in [0.05, 0.1) is 11.4 Å². The average Bonchev–Trinajstić information content (AvgIpc) is 3.27. The number of anilines is 3. The molecule has 0 saturated carbocycles. The quantitative estimate of drug-likeness (QED) is 0.150. The standard InChI is InChI=1S/C54H37N/c1-3-16-38(17-4-1)39-32-35-43(36-33-39)55(52-30-11-9-24-49(52)47-28-15-27-46-44-23-8-7-20-41(44)34-37-48(46)47)53-31-12-10-25-50(53)51-29-14-22-42-21-13-26-45(54(42)51)40-18-5-2-6-19-40/h1-37H. The van der Waals surface area contributed by atoms with E-state index in [0.717, 1.165) is 17.1 Å². The van der Waals surface area contributed by atoms with Gasteiger partial charge in [0.25, 0.3) is 0 Å². The minimum Gasteiger partial charge on any atom is -0.309 e. The highest BCUT2D eigenvalue weighted by atomic mass is 15.1. The maximum absolute atomic E-state index is 2.46. The van der Waals surface area contributed by atoms with Crippen molar-refractivity contribution >= 4 is 49.4 Å². The Hall–Kier alpha value is -7.22. The van der Waals surface area contributed by atoms with E-state index in [1.54, 1.807) is 0 Å². The number of rotatable bonds is 7. The first-order chi connectivity index (χ1) is 27.3. The molecule has 10 aromatic carbocycles. The van der Waals surface area contributed by atoms with Gasteiger partial charge in [-0.05, 0) is 90.0 Å². The van der Waals surface area contributed by atoms with E-state index in [4.69, 9.17) is 0 Å². The van der Waals surface area contributed by atoms with Gasteiger partial charge in [0.1, 0.15) is 0 Å². The lowest BCUT2D eigenvalue weighted by atomic mass is 9.90. The van der Waals surface area contributed by atoms with Gasteiger partial charge in [0.2, 0.25) is 0 Å². The molecule has 0 amide bonds. The zero-order chi connectivity index (χ0) is 36.6. The minimum absolute atomic E-state index is 1.09. The fourth-order valence-electron chi connectivity index (χ4n) is 8.33. The lowest BCUT2D eigenvalue weighted by Crippen LogP contribution is -2.12. The number of fused-ring (bicyclic) bond motifs is 4. The zero-order valence-corrected chi connectivity index (χ0v) is 30.3. The SMILES string of the molecule is c1ccc(-c2ccc(N(c3ccccc3-c3cccc4c3ccc3ccccc34)c3ccccc3-c3cccc4cccc(-c5ccccc5)c34)cc2)cc1. The van der Waals surface area contributed by atoms with Crippen LogP contribution in [-0.4, -0.2) is 0 Å². The molecule has 1 nitrogen and oxygen atoms in total. The Kier molecular flexibility index (Phi) is 8.24. The van der Waals surface area contributed by atoms with Gasteiger partial charge in [0.15, 0.2) is 0 Å². The van der Waals surface area contributed by atoms with Gasteiger partial charge < -0.3 is 4.90 Å². The largest absolute Gasteiger partial charge is 0.309 e. The van der Waals surface area contributed by atoms with Crippen LogP contribution in [0, 0.1) is 0 Å². The van der Waals surface area contributed by atoms with Crippen molar-refractivity contribution < 1.29 is 0 Å². The first-order valence-corrected chi connectivity index (χ1v) is 18.9. The highest BCUT2D eigenvalue weighted by Gasteiger charge is 2.22. The van der Waals surface area contributed by atoms with Crippen LogP contribution >= 0.6 is 0 Å². The number of para-hydroxylation sites is 2. The van der Waals surface area contributed by atoms with E-state index in [0.29, 0.717) is 0 Å². The van der Waals surface area contributed by atoms with Gasteiger partial charge in [-0.2, -0.15) is 0 Å². The molecule has 0 spiro atoms. The van der Waals surface area contributed by atoms with Gasteiger partial charge in [-0.15, -0.1) is 0 Å². The van der Waals surface area contributed by atoms with Gasteiger partial charge in [-0.1, -0.05) is 200 Å². The second-order valence-corrected chi connectivity index (χ2v) is 14.0. The highest BCUT2D eigenvalue weighted by molar-refractivity contribution is 6.14. The summed E-state index contributed by atoms with van der Waals surface area (Å²) in [4.78, 5) is 2.46. The van der Waals surface area contributed by atoms with Crippen LogP contribution in [-0.2, 0) is 0 Å². The predicted octanol–water partition coefficient (Wildman–Crippen LogP) is 15.3. The van der Waals surface area contributed by atoms with E-state index < -0.39 is 0 Å². The molecule has 0 radical (unpaired) electrons. The van der Waals surface area contributed by atoms with Crippen molar-refractivity contribution in [2.75, 3.05) is 4.90 Å². The van der Waals surface area contributed by atoms with Crippen LogP contribution in [0.5, 0.6) is 0 Å². The Balaban J connectivity index is 1.23. The number of hydrogen-bond donors (Lipinski definition) is 0. The summed E-state index contributed by atoms with van der Waals surface area (Å²) in [5, 5.41) is 7.48. The van der Waals surface area contributed by atoms with E-state index in [9.17, 15) is 0 Å². The molecule has 0 atom stereocenters. The van der Waals surface area contributed by atoms with Crippen LogP contribution in [0.1, 0.15) is 0 Å². The molecule has 0 bridgehead atoms. The Morgan fingerprint density at radius 3 is 1.45 bits per heavy atom. The third kappa shape index (κ3) is 5.84. The smallest absolute Gasteiger partial charge is 0.0540 e. The molecule has 258 valence electrons. The molecule has 0 fully saturated rings. The summed E-state index contributed by atoms with van der Waals surface area (Å²) in [6, 6.07) is 81.5. The van der Waals surface area contributed by atoms with Crippen molar-refractivity contribution in [2.24, 2.45) is 0 Å². The normalized spacial score (nSPS) is 11.3. The summed E-state index contributed by atoms with van der Waals surface area (Å²) >= 11 is 0. The Morgan fingerprint density at radius 2 is 0.727 bits per heavy atom. The molecule has 0 aliphatic heterocycles. The summed E-state index contributed by atoms with van der Waals surface area (Å²) in [5.74, 6) is 0. The van der Waals surface area contributed by atoms with Crippen molar-refractivity contribution in [1.29, 1.82) is 0 Å². The maximum atomic E-state index is 2.46. The fraction of sp³-hybridized carbons (Fsp3) is 0. The highest BCUT2D eigenvalue weighted by Crippen LogP contribution is 2.48. The van der Waals surface area contributed by atoms with Crippen molar-refractivity contribution in [3.63, 3.8) is 0 Å². The third-order valence-corrected chi connectivity index (χ3v) is 10.9. The maximum Gasteiger partial charge on any atom is 0.0540 e. The van der Waals surface area contributed by atoms with E-state index in [-0.39, 0.29) is 0 Å². The zero-order valence-electron chi connectivity index (χ0n) is 30.3. The van der Waals surface area contributed by atoms with Crippen molar-refractivity contribution in [3.05, 3.63) is 224 Å². The monoisotopic (exact) mass is 699 g/mol. The first kappa shape index (κ1) is 32.4. The third-order valence-electron chi connectivity index (χ3n) is 10.9. The molecule has 0 unspecified atom stereocenters. The molecule has 10 aromatic rings. The van der Waals surface area contributed by atoms with Crippen LogP contribution in [0.2, 0.25) is 0 Å². The lowest BCUT2D eigenvalue weighted by molar-refractivity contribution is 1.29. The second-order valence-electron chi connectivity index (χ2n) is 14.0. The lowest BCUT2D eigenvalue weighted by Gasteiger charge is -2.30. The van der Waals surface area contributed by atoms with Crippen LogP contribution in [0.4, 0.5) is 17.1 Å². The molecule has 0 heterocycles. The van der Waals surface area contributed by atoms with Crippen molar-refractivity contribution in [3.8, 4) is 44.5 Å². The molecule has 0 saturated heterocycles. The van der Waals surface area contributed by atoms with Gasteiger partial charge in [0, 0.05) is 16.8 Å². The molecular formula is C54H37N. The Morgan fingerprint density at radius 1 is 0.236 bits per heavy atom. The number of nitrogens with zero attached hydrogens (tertiary/aromatic N) is 1. The van der Waals surface area contributed by atoms with Crippen molar-refractivity contribution in [2.45, 2.75) is 0 Å². The van der Waals surface area contributed by atoms with Gasteiger partial charge in [-0.25, -0.2) is 0 Å². The van der Waals surface area contributed by atoms with Crippen LogP contribution in [0.25, 0.3) is 76.8 Å².